The molecule has 27 heavy (non-hydrogen) atoms. The number of hydrogen-bond acceptors (Lipinski definition) is 7. The summed E-state index contributed by atoms with van der Waals surface area (Å²) in [7, 11) is 0. The maximum atomic E-state index is 5.32. The van der Waals surface area contributed by atoms with Crippen molar-refractivity contribution in [2.24, 2.45) is 0 Å². The fourth-order valence-electron chi connectivity index (χ4n) is 3.36. The Kier molecular flexibility index (Phi) is 4.91. The minimum absolute atomic E-state index is 0.515. The summed E-state index contributed by atoms with van der Waals surface area (Å²) in [6.07, 6.45) is 3.38. The van der Waals surface area contributed by atoms with E-state index in [9.17, 15) is 0 Å². The van der Waals surface area contributed by atoms with Crippen molar-refractivity contribution in [2.75, 3.05) is 41.3 Å². The molecule has 7 nitrogen and oxygen atoms in total. The van der Waals surface area contributed by atoms with Gasteiger partial charge in [-0.15, -0.1) is 5.10 Å². The smallest absolute Gasteiger partial charge is 0.245 e. The highest BCUT2D eigenvalue weighted by atomic mass is 16.3. The molecular formula is C20H24N6O. The van der Waals surface area contributed by atoms with E-state index in [1.54, 1.807) is 12.5 Å². The molecule has 3 heterocycles. The number of aromatic nitrogens is 3. The van der Waals surface area contributed by atoms with Crippen LogP contribution in [0.3, 0.4) is 0 Å². The average Bonchev–Trinajstić information content (AvgIpc) is 3.23. The molecule has 1 aromatic carbocycles. The first-order chi connectivity index (χ1) is 13.2. The molecule has 0 spiro atoms. The van der Waals surface area contributed by atoms with Crippen LogP contribution in [-0.2, 0) is 6.54 Å². The van der Waals surface area contributed by atoms with Crippen LogP contribution in [0.25, 0.3) is 0 Å². The number of anilines is 3. The van der Waals surface area contributed by atoms with Gasteiger partial charge in [-0.3, -0.25) is 0 Å². The number of aryl methyl sites for hydroxylation is 1. The lowest BCUT2D eigenvalue weighted by Gasteiger charge is -2.37. The van der Waals surface area contributed by atoms with Crippen molar-refractivity contribution in [3.8, 4) is 0 Å². The van der Waals surface area contributed by atoms with Crippen LogP contribution in [0.1, 0.15) is 16.9 Å². The number of benzene rings is 1. The van der Waals surface area contributed by atoms with Crippen molar-refractivity contribution in [1.82, 2.24) is 15.2 Å². The highest BCUT2D eigenvalue weighted by Crippen LogP contribution is 2.25. The van der Waals surface area contributed by atoms with Gasteiger partial charge in [0.15, 0.2) is 5.82 Å². The van der Waals surface area contributed by atoms with E-state index >= 15 is 0 Å². The third-order valence-corrected chi connectivity index (χ3v) is 5.07. The lowest BCUT2D eigenvalue weighted by molar-refractivity contribution is 0.517. The summed E-state index contributed by atoms with van der Waals surface area (Å²) in [5.41, 5.74) is 4.03. The molecule has 0 radical (unpaired) electrons. The molecule has 7 heteroatoms. The minimum Gasteiger partial charge on any atom is -0.467 e. The summed E-state index contributed by atoms with van der Waals surface area (Å²) in [6, 6.07) is 10.3. The van der Waals surface area contributed by atoms with Crippen LogP contribution in [-0.4, -0.2) is 41.4 Å². The number of nitrogens with one attached hydrogen (secondary N) is 1. The average molecular weight is 364 g/mol. The summed E-state index contributed by atoms with van der Waals surface area (Å²) in [6.45, 7) is 8.64. The van der Waals surface area contributed by atoms with Crippen LogP contribution in [0.2, 0.25) is 0 Å². The Bertz CT molecular complexity index is 887. The summed E-state index contributed by atoms with van der Waals surface area (Å²) in [5, 5.41) is 11.3. The predicted octanol–water partition coefficient (Wildman–Crippen LogP) is 3.02. The topological polar surface area (TPSA) is 70.3 Å². The summed E-state index contributed by atoms with van der Waals surface area (Å²) >= 11 is 0. The van der Waals surface area contributed by atoms with Crippen molar-refractivity contribution < 1.29 is 4.42 Å². The second-order valence-electron chi connectivity index (χ2n) is 6.76. The fourth-order valence-corrected chi connectivity index (χ4v) is 3.36. The normalized spacial score (nSPS) is 14.4. The second kappa shape index (κ2) is 7.65. The lowest BCUT2D eigenvalue weighted by atomic mass is 10.1. The zero-order valence-corrected chi connectivity index (χ0v) is 15.7. The van der Waals surface area contributed by atoms with Crippen molar-refractivity contribution in [2.45, 2.75) is 20.4 Å². The number of rotatable bonds is 5. The van der Waals surface area contributed by atoms with Gasteiger partial charge < -0.3 is 19.5 Å². The molecule has 3 aromatic rings. The number of piperazine rings is 1. The minimum atomic E-state index is 0.515. The molecule has 4 rings (SSSR count). The third kappa shape index (κ3) is 3.86. The molecule has 1 aliphatic rings. The van der Waals surface area contributed by atoms with Gasteiger partial charge in [0.25, 0.3) is 0 Å². The van der Waals surface area contributed by atoms with E-state index in [2.05, 4.69) is 62.3 Å². The predicted molar refractivity (Wildman–Crippen MR) is 106 cm³/mol. The molecule has 0 saturated carbocycles. The fraction of sp³-hybridized carbons (Fsp3) is 0.350. The van der Waals surface area contributed by atoms with E-state index in [1.165, 1.54) is 16.8 Å². The van der Waals surface area contributed by atoms with E-state index in [4.69, 9.17) is 4.42 Å². The Morgan fingerprint density at radius 3 is 2.63 bits per heavy atom. The molecule has 1 saturated heterocycles. The van der Waals surface area contributed by atoms with Crippen LogP contribution in [0, 0.1) is 13.8 Å². The second-order valence-corrected chi connectivity index (χ2v) is 6.76. The Morgan fingerprint density at radius 1 is 1.04 bits per heavy atom. The van der Waals surface area contributed by atoms with Crippen LogP contribution in [0.15, 0.2) is 47.2 Å². The maximum absolute atomic E-state index is 5.32. The van der Waals surface area contributed by atoms with Crippen LogP contribution in [0.5, 0.6) is 0 Å². The molecule has 0 atom stereocenters. The molecule has 1 N–H and O–H groups in total. The molecule has 0 aliphatic carbocycles. The zero-order chi connectivity index (χ0) is 18.6. The zero-order valence-electron chi connectivity index (χ0n) is 15.7. The quantitative estimate of drug-likeness (QED) is 0.746. The third-order valence-electron chi connectivity index (χ3n) is 5.07. The summed E-state index contributed by atoms with van der Waals surface area (Å²) in [4.78, 5) is 9.31. The molecule has 0 amide bonds. The highest BCUT2D eigenvalue weighted by molar-refractivity contribution is 5.57. The van der Waals surface area contributed by atoms with Crippen molar-refractivity contribution in [3.63, 3.8) is 0 Å². The van der Waals surface area contributed by atoms with Gasteiger partial charge in [-0.2, -0.15) is 10.1 Å². The SMILES string of the molecule is Cc1cccc(N2CCN(c3cnnc(NCc4ccco4)n3)CC2)c1C. The molecule has 140 valence electrons. The van der Waals surface area contributed by atoms with E-state index in [-0.39, 0.29) is 0 Å². The molecular weight excluding hydrogens is 340 g/mol. The number of furan rings is 1. The largest absolute Gasteiger partial charge is 0.467 e. The summed E-state index contributed by atoms with van der Waals surface area (Å²) in [5.74, 6) is 2.21. The van der Waals surface area contributed by atoms with Crippen molar-refractivity contribution in [3.05, 3.63) is 59.7 Å². The highest BCUT2D eigenvalue weighted by Gasteiger charge is 2.20. The van der Waals surface area contributed by atoms with Gasteiger partial charge in [0.2, 0.25) is 5.95 Å². The van der Waals surface area contributed by atoms with E-state index in [0.717, 1.165) is 37.8 Å². The van der Waals surface area contributed by atoms with Crippen molar-refractivity contribution in [1.29, 1.82) is 0 Å². The monoisotopic (exact) mass is 364 g/mol. The van der Waals surface area contributed by atoms with E-state index < -0.39 is 0 Å². The standard InChI is InChI=1S/C20H24N6O/c1-15-5-3-7-18(16(15)2)25-8-10-26(11-9-25)19-14-22-24-20(23-19)21-13-17-6-4-12-27-17/h3-7,12,14H,8-11,13H2,1-2H3,(H,21,23,24). The van der Waals surface area contributed by atoms with Gasteiger partial charge in [0.05, 0.1) is 19.0 Å². The maximum Gasteiger partial charge on any atom is 0.245 e. The van der Waals surface area contributed by atoms with Gasteiger partial charge in [0, 0.05) is 31.9 Å². The van der Waals surface area contributed by atoms with Crippen LogP contribution < -0.4 is 15.1 Å². The Balaban J connectivity index is 1.39. The van der Waals surface area contributed by atoms with Gasteiger partial charge in [-0.25, -0.2) is 0 Å². The van der Waals surface area contributed by atoms with Crippen LogP contribution >= 0.6 is 0 Å². The van der Waals surface area contributed by atoms with Gasteiger partial charge in [0.1, 0.15) is 5.76 Å². The number of hydrogen-bond donors (Lipinski definition) is 1. The Labute approximate surface area is 159 Å². The Hall–Kier alpha value is -3.09. The Morgan fingerprint density at radius 2 is 1.85 bits per heavy atom. The lowest BCUT2D eigenvalue weighted by Crippen LogP contribution is -2.47. The van der Waals surface area contributed by atoms with E-state index in [0.29, 0.717) is 12.5 Å². The molecule has 1 fully saturated rings. The molecule has 2 aromatic heterocycles. The van der Waals surface area contributed by atoms with E-state index in [1.807, 2.05) is 12.1 Å². The first kappa shape index (κ1) is 17.3. The van der Waals surface area contributed by atoms with Crippen molar-refractivity contribution >= 4 is 17.5 Å². The number of nitrogens with zero attached hydrogens (tertiary/aromatic N) is 5. The van der Waals surface area contributed by atoms with Gasteiger partial charge in [-0.1, -0.05) is 12.1 Å². The van der Waals surface area contributed by atoms with Crippen LogP contribution in [0.4, 0.5) is 17.5 Å². The van der Waals surface area contributed by atoms with Gasteiger partial charge >= 0.3 is 0 Å². The van der Waals surface area contributed by atoms with Gasteiger partial charge in [-0.05, 0) is 43.2 Å². The molecule has 0 bridgehead atoms. The summed E-state index contributed by atoms with van der Waals surface area (Å²) < 4.78 is 5.32. The first-order valence-electron chi connectivity index (χ1n) is 9.23. The first-order valence-corrected chi connectivity index (χ1v) is 9.23. The molecule has 1 aliphatic heterocycles. The molecule has 0 unspecified atom stereocenters.